The van der Waals surface area contributed by atoms with Gasteiger partial charge in [0.1, 0.15) is 11.6 Å². The van der Waals surface area contributed by atoms with Crippen molar-refractivity contribution in [1.82, 2.24) is 4.98 Å². The van der Waals surface area contributed by atoms with E-state index >= 15 is 0 Å². The normalized spacial score (nSPS) is 14.7. The van der Waals surface area contributed by atoms with E-state index in [4.69, 9.17) is 5.73 Å². The third-order valence-corrected chi connectivity index (χ3v) is 4.21. The molecule has 1 aromatic heterocycles. The second kappa shape index (κ2) is 5.60. The number of allylic oxidation sites excluding steroid dienone is 1. The fourth-order valence-electron chi connectivity index (χ4n) is 2.85. The Morgan fingerprint density at radius 2 is 2.14 bits per heavy atom. The van der Waals surface area contributed by atoms with Crippen molar-refractivity contribution in [2.75, 3.05) is 5.73 Å². The van der Waals surface area contributed by atoms with Gasteiger partial charge in [0.25, 0.3) is 0 Å². The van der Waals surface area contributed by atoms with Gasteiger partial charge in [-0.25, -0.2) is 4.98 Å². The molecule has 1 aliphatic rings. The Balaban J connectivity index is 2.14. The molecule has 3 heteroatoms. The van der Waals surface area contributed by atoms with Crippen LogP contribution in [0.15, 0.2) is 43.0 Å². The highest BCUT2D eigenvalue weighted by Gasteiger charge is 2.24. The summed E-state index contributed by atoms with van der Waals surface area (Å²) in [6, 6.07) is 9.62. The van der Waals surface area contributed by atoms with E-state index in [1.807, 2.05) is 24.3 Å². The number of pyridine rings is 1. The number of hydrogen-bond acceptors (Lipinski definition) is 3. The molecule has 0 bridgehead atoms. The van der Waals surface area contributed by atoms with Gasteiger partial charge < -0.3 is 10.8 Å². The van der Waals surface area contributed by atoms with Gasteiger partial charge in [-0.05, 0) is 60.6 Å². The van der Waals surface area contributed by atoms with Crippen molar-refractivity contribution >= 4 is 5.82 Å². The minimum absolute atomic E-state index is 0.351. The van der Waals surface area contributed by atoms with Crippen molar-refractivity contribution in [3.8, 4) is 17.0 Å². The molecular formula is C18H20N2O. The van der Waals surface area contributed by atoms with E-state index in [0.717, 1.165) is 16.8 Å². The average molecular weight is 280 g/mol. The van der Waals surface area contributed by atoms with Crippen LogP contribution < -0.4 is 5.73 Å². The summed E-state index contributed by atoms with van der Waals surface area (Å²) in [7, 11) is 0. The number of rotatable bonds is 4. The topological polar surface area (TPSA) is 59.1 Å². The lowest BCUT2D eigenvalue weighted by Gasteiger charge is -2.28. The number of nitrogen functional groups attached to an aromatic ring is 1. The Morgan fingerprint density at radius 3 is 2.76 bits per heavy atom. The number of aromatic hydroxyl groups is 1. The minimum Gasteiger partial charge on any atom is -0.508 e. The van der Waals surface area contributed by atoms with Crippen molar-refractivity contribution in [1.29, 1.82) is 0 Å². The summed E-state index contributed by atoms with van der Waals surface area (Å²) >= 11 is 0. The molecule has 21 heavy (non-hydrogen) atoms. The van der Waals surface area contributed by atoms with Crippen LogP contribution in [0.2, 0.25) is 0 Å². The standard InChI is InChI=1S/C18H20N2O/c1-2-5-13-10-15(16-8-4-9-18(19)20-16)14(11-17(13)21)12-6-3-7-12/h2,4,8-12,21H,1,3,5-7H2,(H2,19,20). The highest BCUT2D eigenvalue weighted by Crippen LogP contribution is 2.43. The molecule has 3 nitrogen and oxygen atoms in total. The van der Waals surface area contributed by atoms with Gasteiger partial charge in [-0.1, -0.05) is 18.6 Å². The molecule has 3 N–H and O–H groups in total. The van der Waals surface area contributed by atoms with Crippen LogP contribution in [0, 0.1) is 0 Å². The summed E-state index contributed by atoms with van der Waals surface area (Å²) < 4.78 is 0. The first kappa shape index (κ1) is 13.7. The summed E-state index contributed by atoms with van der Waals surface area (Å²) in [5.74, 6) is 1.39. The van der Waals surface area contributed by atoms with Crippen LogP contribution in [-0.4, -0.2) is 10.1 Å². The molecule has 0 atom stereocenters. The van der Waals surface area contributed by atoms with Gasteiger partial charge in [0.2, 0.25) is 0 Å². The Kier molecular flexibility index (Phi) is 3.65. The molecule has 0 amide bonds. The number of nitrogens with zero attached hydrogens (tertiary/aromatic N) is 1. The van der Waals surface area contributed by atoms with E-state index in [1.165, 1.54) is 24.8 Å². The Morgan fingerprint density at radius 1 is 1.33 bits per heavy atom. The third-order valence-electron chi connectivity index (χ3n) is 4.21. The molecule has 3 rings (SSSR count). The number of phenols is 1. The van der Waals surface area contributed by atoms with Gasteiger partial charge in [-0.2, -0.15) is 0 Å². The molecule has 2 aromatic rings. The van der Waals surface area contributed by atoms with Gasteiger partial charge in [-0.3, -0.25) is 0 Å². The highest BCUT2D eigenvalue weighted by atomic mass is 16.3. The van der Waals surface area contributed by atoms with Crippen LogP contribution in [0.5, 0.6) is 5.75 Å². The maximum atomic E-state index is 10.2. The molecule has 0 saturated heterocycles. The second-order valence-corrected chi connectivity index (χ2v) is 5.64. The molecule has 0 spiro atoms. The molecule has 1 aromatic carbocycles. The van der Waals surface area contributed by atoms with Crippen molar-refractivity contribution in [2.24, 2.45) is 0 Å². The van der Waals surface area contributed by atoms with Crippen molar-refractivity contribution in [3.63, 3.8) is 0 Å². The van der Waals surface area contributed by atoms with Crippen LogP contribution in [0.25, 0.3) is 11.3 Å². The largest absolute Gasteiger partial charge is 0.508 e. The minimum atomic E-state index is 0.351. The maximum Gasteiger partial charge on any atom is 0.124 e. The first-order valence-corrected chi connectivity index (χ1v) is 7.38. The van der Waals surface area contributed by atoms with Gasteiger partial charge in [0.15, 0.2) is 0 Å². The Hall–Kier alpha value is -2.29. The smallest absolute Gasteiger partial charge is 0.124 e. The van der Waals surface area contributed by atoms with E-state index in [1.54, 1.807) is 12.1 Å². The van der Waals surface area contributed by atoms with E-state index in [9.17, 15) is 5.11 Å². The molecule has 0 aliphatic heterocycles. The van der Waals surface area contributed by atoms with Crippen LogP contribution in [0.4, 0.5) is 5.82 Å². The number of nitrogens with two attached hydrogens (primary N) is 1. The molecule has 1 fully saturated rings. The summed E-state index contributed by atoms with van der Waals surface area (Å²) in [5, 5.41) is 10.2. The lowest BCUT2D eigenvalue weighted by Crippen LogP contribution is -2.11. The average Bonchev–Trinajstić information content (AvgIpc) is 2.40. The first-order chi connectivity index (χ1) is 10.2. The number of phenolic OH excluding ortho intramolecular Hbond substituents is 1. The number of anilines is 1. The fourth-order valence-corrected chi connectivity index (χ4v) is 2.85. The summed E-state index contributed by atoms with van der Waals surface area (Å²) in [6.45, 7) is 3.75. The van der Waals surface area contributed by atoms with Crippen molar-refractivity contribution in [3.05, 3.63) is 54.1 Å². The van der Waals surface area contributed by atoms with Gasteiger partial charge in [-0.15, -0.1) is 6.58 Å². The number of aromatic nitrogens is 1. The predicted octanol–water partition coefficient (Wildman–Crippen LogP) is 4.03. The van der Waals surface area contributed by atoms with E-state index in [0.29, 0.717) is 23.9 Å². The van der Waals surface area contributed by atoms with Crippen LogP contribution >= 0.6 is 0 Å². The molecule has 1 aliphatic carbocycles. The van der Waals surface area contributed by atoms with E-state index < -0.39 is 0 Å². The van der Waals surface area contributed by atoms with Gasteiger partial charge in [0, 0.05) is 5.56 Å². The molecule has 0 unspecified atom stereocenters. The molecular weight excluding hydrogens is 260 g/mol. The van der Waals surface area contributed by atoms with E-state index in [2.05, 4.69) is 11.6 Å². The molecule has 1 saturated carbocycles. The molecule has 0 radical (unpaired) electrons. The second-order valence-electron chi connectivity index (χ2n) is 5.64. The van der Waals surface area contributed by atoms with Gasteiger partial charge in [0.05, 0.1) is 5.69 Å². The zero-order valence-corrected chi connectivity index (χ0v) is 12.0. The quantitative estimate of drug-likeness (QED) is 0.831. The molecule has 108 valence electrons. The lowest BCUT2D eigenvalue weighted by molar-refractivity contribution is 0.416. The first-order valence-electron chi connectivity index (χ1n) is 7.38. The Bertz CT molecular complexity index is 675. The third kappa shape index (κ3) is 2.64. The van der Waals surface area contributed by atoms with Crippen LogP contribution in [0.3, 0.4) is 0 Å². The summed E-state index contributed by atoms with van der Waals surface area (Å²) in [4.78, 5) is 4.45. The van der Waals surface area contributed by atoms with Crippen LogP contribution in [0.1, 0.15) is 36.3 Å². The Labute approximate surface area is 125 Å². The predicted molar refractivity (Wildman–Crippen MR) is 86.2 cm³/mol. The maximum absolute atomic E-state index is 10.2. The van der Waals surface area contributed by atoms with E-state index in [-0.39, 0.29) is 0 Å². The number of benzene rings is 1. The SMILES string of the molecule is C=CCc1cc(-c2cccc(N)n2)c(C2CCC2)cc1O. The summed E-state index contributed by atoms with van der Waals surface area (Å²) in [5.41, 5.74) is 9.85. The highest BCUT2D eigenvalue weighted by molar-refractivity contribution is 5.69. The van der Waals surface area contributed by atoms with Crippen molar-refractivity contribution in [2.45, 2.75) is 31.6 Å². The number of hydrogen-bond donors (Lipinski definition) is 2. The molecule has 1 heterocycles. The monoisotopic (exact) mass is 280 g/mol. The zero-order valence-electron chi connectivity index (χ0n) is 12.0. The van der Waals surface area contributed by atoms with Crippen LogP contribution in [-0.2, 0) is 6.42 Å². The zero-order chi connectivity index (χ0) is 14.8. The fraction of sp³-hybridized carbons (Fsp3) is 0.278. The van der Waals surface area contributed by atoms with Gasteiger partial charge >= 0.3 is 0 Å². The lowest BCUT2D eigenvalue weighted by atomic mass is 9.77. The summed E-state index contributed by atoms with van der Waals surface area (Å²) in [6.07, 6.45) is 6.05. The van der Waals surface area contributed by atoms with Crippen molar-refractivity contribution < 1.29 is 5.11 Å².